The molecule has 5 rings (SSSR count). The Balaban J connectivity index is 1.33. The van der Waals surface area contributed by atoms with Crippen LogP contribution in [0, 0.1) is 0 Å². The minimum Gasteiger partial charge on any atom is -0.368 e. The summed E-state index contributed by atoms with van der Waals surface area (Å²) in [7, 11) is 0. The third kappa shape index (κ3) is 8.97. The molecule has 3 unspecified atom stereocenters. The van der Waals surface area contributed by atoms with E-state index in [2.05, 4.69) is 104 Å². The van der Waals surface area contributed by atoms with Crippen molar-refractivity contribution in [2.75, 3.05) is 36.8 Å². The number of hydrogen-bond donors (Lipinski definition) is 3. The molecular weight excluding hydrogens is 562 g/mol. The normalized spacial score (nSPS) is 18.7. The molecule has 1 aliphatic rings. The van der Waals surface area contributed by atoms with Gasteiger partial charge >= 0.3 is 0 Å². The molecule has 2 heterocycles. The summed E-state index contributed by atoms with van der Waals surface area (Å²) in [5.41, 5.74) is 3.39. The quantitative estimate of drug-likeness (QED) is 0.199. The molecule has 1 aromatic heterocycles. The summed E-state index contributed by atoms with van der Waals surface area (Å²) in [6, 6.07) is 33.2. The molecule has 45 heavy (non-hydrogen) atoms. The van der Waals surface area contributed by atoms with Crippen LogP contribution in [0.2, 0.25) is 0 Å². The Bertz CT molecular complexity index is 1540. The molecule has 0 aliphatic carbocycles. The number of nitrogens with zero attached hydrogens (tertiary/aromatic N) is 4. The van der Waals surface area contributed by atoms with Crippen LogP contribution in [0.15, 0.2) is 97.1 Å². The molecule has 0 saturated carbocycles. The molecule has 9 nitrogen and oxygen atoms in total. The van der Waals surface area contributed by atoms with E-state index in [1.165, 1.54) is 18.1 Å². The van der Waals surface area contributed by atoms with Crippen LogP contribution >= 0.6 is 0 Å². The zero-order chi connectivity index (χ0) is 31.6. The van der Waals surface area contributed by atoms with E-state index in [0.29, 0.717) is 30.5 Å². The molecule has 1 fully saturated rings. The highest BCUT2D eigenvalue weighted by Crippen LogP contribution is 2.27. The summed E-state index contributed by atoms with van der Waals surface area (Å²) in [6.07, 6.45) is 0.849. The third-order valence-corrected chi connectivity index (χ3v) is 8.29. The zero-order valence-electron chi connectivity index (χ0n) is 26.3. The van der Waals surface area contributed by atoms with E-state index in [9.17, 15) is 9.59 Å². The van der Waals surface area contributed by atoms with Crippen molar-refractivity contribution in [2.45, 2.75) is 51.9 Å². The van der Waals surface area contributed by atoms with Gasteiger partial charge in [0.1, 0.15) is 11.6 Å². The predicted molar refractivity (Wildman–Crippen MR) is 180 cm³/mol. The van der Waals surface area contributed by atoms with Crippen molar-refractivity contribution < 1.29 is 9.59 Å². The Morgan fingerprint density at radius 3 is 2.11 bits per heavy atom. The van der Waals surface area contributed by atoms with Crippen molar-refractivity contribution in [3.8, 4) is 11.4 Å². The largest absolute Gasteiger partial charge is 0.368 e. The summed E-state index contributed by atoms with van der Waals surface area (Å²) >= 11 is 0. The minimum absolute atomic E-state index is 0.0903. The van der Waals surface area contributed by atoms with E-state index >= 15 is 0 Å². The highest BCUT2D eigenvalue weighted by molar-refractivity contribution is 5.92. The number of nitrogens with one attached hydrogen (secondary N) is 3. The molecule has 3 aromatic carbocycles. The highest BCUT2D eigenvalue weighted by Gasteiger charge is 2.38. The van der Waals surface area contributed by atoms with Gasteiger partial charge in [-0.2, -0.15) is 0 Å². The monoisotopic (exact) mass is 605 g/mol. The van der Waals surface area contributed by atoms with Gasteiger partial charge < -0.3 is 16.0 Å². The van der Waals surface area contributed by atoms with Gasteiger partial charge in [-0.05, 0) is 31.4 Å². The van der Waals surface area contributed by atoms with Gasteiger partial charge in [-0.15, -0.1) is 0 Å². The first-order valence-electron chi connectivity index (χ1n) is 15.7. The van der Waals surface area contributed by atoms with Gasteiger partial charge in [0.05, 0.1) is 6.54 Å². The lowest BCUT2D eigenvalue weighted by Crippen LogP contribution is -2.63. The fourth-order valence-electron chi connectivity index (χ4n) is 6.05. The second-order valence-electron chi connectivity index (χ2n) is 11.7. The Kier molecular flexibility index (Phi) is 10.9. The average molecular weight is 606 g/mol. The lowest BCUT2D eigenvalue weighted by molar-refractivity contribution is -0.120. The second kappa shape index (κ2) is 15.4. The first-order valence-corrected chi connectivity index (χ1v) is 15.7. The highest BCUT2D eigenvalue weighted by atomic mass is 16.2. The minimum atomic E-state index is -0.120. The molecule has 3 atom stereocenters. The van der Waals surface area contributed by atoms with Crippen molar-refractivity contribution in [1.82, 2.24) is 25.1 Å². The van der Waals surface area contributed by atoms with Crippen LogP contribution in [0.25, 0.3) is 11.4 Å². The first kappa shape index (κ1) is 31.8. The maximum Gasteiger partial charge on any atom is 0.239 e. The Morgan fingerprint density at radius 2 is 1.44 bits per heavy atom. The molecule has 234 valence electrons. The van der Waals surface area contributed by atoms with Gasteiger partial charge in [0.2, 0.25) is 11.8 Å². The maximum absolute atomic E-state index is 13.7. The van der Waals surface area contributed by atoms with Crippen LogP contribution < -0.4 is 16.0 Å². The Morgan fingerprint density at radius 1 is 0.822 bits per heavy atom. The lowest BCUT2D eigenvalue weighted by Gasteiger charge is -2.50. The number of anilines is 2. The van der Waals surface area contributed by atoms with E-state index in [0.717, 1.165) is 25.1 Å². The smallest absolute Gasteiger partial charge is 0.239 e. The number of carbonyl (C=O) groups is 2. The standard InChI is InChI=1S/C36H43N7O2/c1-26-23-42(32(21-29-13-7-4-8-14-29)27(2)43(26)24-30-15-9-5-10-16-30)25-35(45)39-34-22-33(38-20-19-37-28(3)44)40-36(41-34)31-17-11-6-12-18-31/h4-18,22,26-27,32H,19-21,23-25H2,1-3H3,(H,37,44)(H2,38,39,40,41,45). The van der Waals surface area contributed by atoms with Crippen molar-refractivity contribution in [2.24, 2.45) is 0 Å². The Hall–Kier alpha value is -4.60. The number of benzene rings is 3. The van der Waals surface area contributed by atoms with Gasteiger partial charge in [0.25, 0.3) is 0 Å². The number of hydrogen-bond acceptors (Lipinski definition) is 7. The number of aromatic nitrogens is 2. The van der Waals surface area contributed by atoms with E-state index in [1.807, 2.05) is 36.4 Å². The van der Waals surface area contributed by atoms with Gasteiger partial charge in [0.15, 0.2) is 5.82 Å². The van der Waals surface area contributed by atoms with E-state index in [4.69, 9.17) is 0 Å². The van der Waals surface area contributed by atoms with Crippen LogP contribution in [0.3, 0.4) is 0 Å². The number of carbonyl (C=O) groups excluding carboxylic acids is 2. The molecule has 0 bridgehead atoms. The topological polar surface area (TPSA) is 102 Å². The second-order valence-corrected chi connectivity index (χ2v) is 11.7. The molecule has 1 saturated heterocycles. The average Bonchev–Trinajstić information content (AvgIpc) is 3.04. The van der Waals surface area contributed by atoms with E-state index < -0.39 is 0 Å². The molecule has 0 spiro atoms. The zero-order valence-corrected chi connectivity index (χ0v) is 26.3. The maximum atomic E-state index is 13.7. The third-order valence-electron chi connectivity index (χ3n) is 8.29. The van der Waals surface area contributed by atoms with Crippen molar-refractivity contribution in [3.63, 3.8) is 0 Å². The van der Waals surface area contributed by atoms with Crippen LogP contribution in [0.1, 0.15) is 31.9 Å². The van der Waals surface area contributed by atoms with Crippen LogP contribution in [0.5, 0.6) is 0 Å². The number of amides is 2. The van der Waals surface area contributed by atoms with Crippen LogP contribution in [-0.2, 0) is 22.6 Å². The molecule has 1 aliphatic heterocycles. The van der Waals surface area contributed by atoms with Crippen molar-refractivity contribution in [3.05, 3.63) is 108 Å². The Labute approximate surface area is 266 Å². The SMILES string of the molecule is CC(=O)NCCNc1cc(NC(=O)CN2CC(C)N(Cc3ccccc3)C(C)C2Cc2ccccc2)nc(-c2ccccc2)n1. The van der Waals surface area contributed by atoms with Gasteiger partial charge in [-0.25, -0.2) is 9.97 Å². The predicted octanol–water partition coefficient (Wildman–Crippen LogP) is 4.84. The number of piperazine rings is 1. The summed E-state index contributed by atoms with van der Waals surface area (Å²) in [6.45, 7) is 8.86. The summed E-state index contributed by atoms with van der Waals surface area (Å²) < 4.78 is 0. The molecular formula is C36H43N7O2. The molecule has 0 radical (unpaired) electrons. The fourth-order valence-corrected chi connectivity index (χ4v) is 6.05. The van der Waals surface area contributed by atoms with Crippen LogP contribution in [-0.4, -0.2) is 75.9 Å². The molecule has 2 amide bonds. The molecule has 3 N–H and O–H groups in total. The van der Waals surface area contributed by atoms with Gasteiger partial charge in [-0.1, -0.05) is 91.0 Å². The van der Waals surface area contributed by atoms with Crippen molar-refractivity contribution in [1.29, 1.82) is 0 Å². The van der Waals surface area contributed by atoms with E-state index in [1.54, 1.807) is 6.07 Å². The fraction of sp³-hybridized carbons (Fsp3) is 0.333. The first-order chi connectivity index (χ1) is 21.9. The van der Waals surface area contributed by atoms with E-state index in [-0.39, 0.29) is 36.5 Å². The number of rotatable bonds is 12. The summed E-state index contributed by atoms with van der Waals surface area (Å²) in [5.74, 6) is 1.30. The van der Waals surface area contributed by atoms with Crippen molar-refractivity contribution >= 4 is 23.5 Å². The summed E-state index contributed by atoms with van der Waals surface area (Å²) in [5, 5.41) is 9.08. The molecule has 9 heteroatoms. The van der Waals surface area contributed by atoms with Crippen LogP contribution in [0.4, 0.5) is 11.6 Å². The van der Waals surface area contributed by atoms with Gasteiger partial charge in [-0.3, -0.25) is 19.4 Å². The van der Waals surface area contributed by atoms with Gasteiger partial charge in [0, 0.05) is 62.9 Å². The molecule has 4 aromatic rings. The summed E-state index contributed by atoms with van der Waals surface area (Å²) in [4.78, 5) is 39.2. The lowest BCUT2D eigenvalue weighted by atomic mass is 9.92.